The molecule has 0 heterocycles. The van der Waals surface area contributed by atoms with Crippen LogP contribution >= 0.6 is 11.8 Å². The van der Waals surface area contributed by atoms with Crippen LogP contribution in [0.4, 0.5) is 17.1 Å². The topological polar surface area (TPSA) is 98.7 Å². The molecule has 0 aliphatic carbocycles. The molecule has 2 aromatic rings. The van der Waals surface area contributed by atoms with E-state index in [1.807, 2.05) is 13.8 Å². The third kappa shape index (κ3) is 4.54. The summed E-state index contributed by atoms with van der Waals surface area (Å²) in [6, 6.07) is 4.32. The first-order chi connectivity index (χ1) is 13.6. The molecular formula is C21H25N3O4S. The van der Waals surface area contributed by atoms with Crippen molar-refractivity contribution in [1.29, 1.82) is 0 Å². The second kappa shape index (κ2) is 9.00. The van der Waals surface area contributed by atoms with Gasteiger partial charge in [0.1, 0.15) is 11.4 Å². The number of benzene rings is 1. The van der Waals surface area contributed by atoms with Crippen LogP contribution in [0.5, 0.6) is 5.75 Å². The number of phenols is 1. The highest BCUT2D eigenvalue weighted by Crippen LogP contribution is 2.33. The zero-order valence-electron chi connectivity index (χ0n) is 16.9. The van der Waals surface area contributed by atoms with E-state index in [1.54, 1.807) is 25.6 Å². The summed E-state index contributed by atoms with van der Waals surface area (Å²) < 4.78 is 0. The molecule has 0 saturated carbocycles. The SMILES string of the molecule is C=CSC(=C)[C@H](Nc1c(Nc2cccc(C(=O)N(C)C)c2O)c(=O)c1=O)C(C)C. The summed E-state index contributed by atoms with van der Waals surface area (Å²) in [4.78, 5) is 38.6. The molecule has 0 aromatic heterocycles. The normalized spacial score (nSPS) is 11.9. The number of aromatic hydroxyl groups is 1. The number of anilines is 3. The third-order valence-electron chi connectivity index (χ3n) is 4.39. The minimum absolute atomic E-state index is 0.0433. The number of nitrogens with one attached hydrogen (secondary N) is 2. The maximum Gasteiger partial charge on any atom is 0.257 e. The van der Waals surface area contributed by atoms with Gasteiger partial charge in [0.15, 0.2) is 5.75 Å². The summed E-state index contributed by atoms with van der Waals surface area (Å²) in [7, 11) is 3.14. The number of amides is 1. The van der Waals surface area contributed by atoms with Crippen LogP contribution in [0.25, 0.3) is 0 Å². The number of hydrogen-bond acceptors (Lipinski definition) is 7. The second-order valence-electron chi connectivity index (χ2n) is 7.05. The van der Waals surface area contributed by atoms with Crippen molar-refractivity contribution in [2.75, 3.05) is 24.7 Å². The maximum atomic E-state index is 12.2. The summed E-state index contributed by atoms with van der Waals surface area (Å²) in [6.45, 7) is 11.6. The monoisotopic (exact) mass is 415 g/mol. The first kappa shape index (κ1) is 22.3. The van der Waals surface area contributed by atoms with Crippen molar-refractivity contribution < 1.29 is 9.90 Å². The molecule has 2 aromatic carbocycles. The van der Waals surface area contributed by atoms with Gasteiger partial charge in [0.05, 0.1) is 17.3 Å². The molecule has 29 heavy (non-hydrogen) atoms. The lowest BCUT2D eigenvalue weighted by Crippen LogP contribution is -2.40. The van der Waals surface area contributed by atoms with Gasteiger partial charge in [0.25, 0.3) is 16.8 Å². The zero-order chi connectivity index (χ0) is 21.9. The number of thioether (sulfide) groups is 1. The first-order valence-corrected chi connectivity index (χ1v) is 9.84. The van der Waals surface area contributed by atoms with E-state index >= 15 is 0 Å². The molecule has 0 bridgehead atoms. The fraction of sp³-hybridized carbons (Fsp3) is 0.286. The summed E-state index contributed by atoms with van der Waals surface area (Å²) in [6.07, 6.45) is 0. The Morgan fingerprint density at radius 3 is 2.38 bits per heavy atom. The lowest BCUT2D eigenvalue weighted by Gasteiger charge is -2.26. The van der Waals surface area contributed by atoms with Crippen LogP contribution < -0.4 is 21.5 Å². The largest absolute Gasteiger partial charge is 0.505 e. The van der Waals surface area contributed by atoms with Gasteiger partial charge in [-0.3, -0.25) is 14.4 Å². The van der Waals surface area contributed by atoms with Crippen molar-refractivity contribution in [3.63, 3.8) is 0 Å². The van der Waals surface area contributed by atoms with E-state index in [2.05, 4.69) is 23.8 Å². The Kier molecular flexibility index (Phi) is 6.92. The van der Waals surface area contributed by atoms with E-state index in [9.17, 15) is 19.5 Å². The fourth-order valence-electron chi connectivity index (χ4n) is 2.80. The molecule has 0 unspecified atom stereocenters. The number of hydrogen-bond donors (Lipinski definition) is 3. The molecule has 0 fully saturated rings. The van der Waals surface area contributed by atoms with E-state index in [1.165, 1.54) is 28.8 Å². The molecule has 8 heteroatoms. The molecule has 154 valence electrons. The molecule has 1 atom stereocenters. The number of nitrogens with zero attached hydrogens (tertiary/aromatic N) is 1. The molecule has 1 amide bonds. The number of carbonyl (C=O) groups excluding carboxylic acids is 1. The Morgan fingerprint density at radius 1 is 1.21 bits per heavy atom. The van der Waals surface area contributed by atoms with Crippen LogP contribution in [0.15, 0.2) is 51.3 Å². The number of carbonyl (C=O) groups is 1. The molecule has 3 N–H and O–H groups in total. The Morgan fingerprint density at radius 2 is 1.83 bits per heavy atom. The molecule has 0 aliphatic rings. The summed E-state index contributed by atoms with van der Waals surface area (Å²) in [5.74, 6) is -0.578. The lowest BCUT2D eigenvalue weighted by molar-refractivity contribution is 0.0824. The molecule has 7 nitrogen and oxygen atoms in total. The fourth-order valence-corrected chi connectivity index (χ4v) is 3.49. The summed E-state index contributed by atoms with van der Waals surface area (Å²) in [5.41, 5.74) is -0.919. The highest BCUT2D eigenvalue weighted by atomic mass is 32.2. The maximum absolute atomic E-state index is 12.2. The van der Waals surface area contributed by atoms with Crippen molar-refractivity contribution in [3.05, 3.63) is 67.7 Å². The van der Waals surface area contributed by atoms with E-state index in [0.29, 0.717) is 0 Å². The van der Waals surface area contributed by atoms with Gasteiger partial charge in [-0.15, -0.1) is 11.8 Å². The van der Waals surface area contributed by atoms with Crippen LogP contribution in [0.3, 0.4) is 0 Å². The van der Waals surface area contributed by atoms with Gasteiger partial charge in [-0.1, -0.05) is 33.1 Å². The van der Waals surface area contributed by atoms with Crippen molar-refractivity contribution in [2.24, 2.45) is 5.92 Å². The van der Waals surface area contributed by atoms with Crippen molar-refractivity contribution in [3.8, 4) is 5.75 Å². The van der Waals surface area contributed by atoms with E-state index in [4.69, 9.17) is 0 Å². The van der Waals surface area contributed by atoms with Gasteiger partial charge in [-0.05, 0) is 23.5 Å². The molecule has 2 rings (SSSR count). The number of rotatable bonds is 9. The summed E-state index contributed by atoms with van der Waals surface area (Å²) >= 11 is 1.35. The molecular weight excluding hydrogens is 390 g/mol. The van der Waals surface area contributed by atoms with Gasteiger partial charge in [-0.2, -0.15) is 0 Å². The Balaban J connectivity index is 2.37. The average Bonchev–Trinajstić information content (AvgIpc) is 2.67. The minimum Gasteiger partial charge on any atom is -0.505 e. The van der Waals surface area contributed by atoms with Gasteiger partial charge >= 0.3 is 0 Å². The van der Waals surface area contributed by atoms with Crippen LogP contribution in [-0.2, 0) is 0 Å². The number of phenolic OH excluding ortho intramolecular Hbond substituents is 1. The van der Waals surface area contributed by atoms with Crippen LogP contribution in [0.1, 0.15) is 24.2 Å². The average molecular weight is 416 g/mol. The Labute approximate surface area is 173 Å². The molecule has 0 spiro atoms. The highest BCUT2D eigenvalue weighted by Gasteiger charge is 2.27. The lowest BCUT2D eigenvalue weighted by atomic mass is 10.0. The standard InChI is InChI=1S/C21H25N3O4S/c1-7-29-12(4)15(11(2)3)23-17-16(19(26)20(17)27)22-14-10-8-9-13(18(14)25)21(28)24(5)6/h7-11,15,22-23,25H,1,4H2,2-3,5-6H3/t15-/m1/s1. The molecule has 0 aliphatic heterocycles. The smallest absolute Gasteiger partial charge is 0.257 e. The van der Waals surface area contributed by atoms with Crippen LogP contribution in [-0.4, -0.2) is 36.1 Å². The van der Waals surface area contributed by atoms with Crippen molar-refractivity contribution in [1.82, 2.24) is 4.90 Å². The predicted octanol–water partition coefficient (Wildman–Crippen LogP) is 3.26. The quantitative estimate of drug-likeness (QED) is 0.427. The first-order valence-electron chi connectivity index (χ1n) is 8.97. The van der Waals surface area contributed by atoms with Gasteiger partial charge < -0.3 is 20.6 Å². The van der Waals surface area contributed by atoms with Crippen molar-refractivity contribution >= 4 is 34.7 Å². The zero-order valence-corrected chi connectivity index (χ0v) is 17.7. The minimum atomic E-state index is -0.694. The highest BCUT2D eigenvalue weighted by molar-refractivity contribution is 8.05. The van der Waals surface area contributed by atoms with E-state index in [-0.39, 0.29) is 46.2 Å². The Hall–Kier alpha value is -3.00. The van der Waals surface area contributed by atoms with Crippen molar-refractivity contribution in [2.45, 2.75) is 19.9 Å². The number of para-hydroxylation sites is 1. The molecule has 0 radical (unpaired) electrons. The van der Waals surface area contributed by atoms with Gasteiger partial charge in [0, 0.05) is 19.0 Å². The Bertz CT molecular complexity index is 1020. The van der Waals surface area contributed by atoms with E-state index < -0.39 is 10.9 Å². The van der Waals surface area contributed by atoms with E-state index in [0.717, 1.165) is 4.91 Å². The van der Waals surface area contributed by atoms with Crippen LogP contribution in [0, 0.1) is 5.92 Å². The second-order valence-corrected chi connectivity index (χ2v) is 8.14. The van der Waals surface area contributed by atoms with Gasteiger partial charge in [-0.25, -0.2) is 0 Å². The van der Waals surface area contributed by atoms with Crippen LogP contribution in [0.2, 0.25) is 0 Å². The predicted molar refractivity (Wildman–Crippen MR) is 120 cm³/mol. The third-order valence-corrected chi connectivity index (χ3v) is 5.11. The molecule has 0 saturated heterocycles. The summed E-state index contributed by atoms with van der Waals surface area (Å²) in [5, 5.41) is 18.0. The van der Waals surface area contributed by atoms with Gasteiger partial charge in [0.2, 0.25) is 0 Å².